The molecule has 0 saturated carbocycles. The van der Waals surface area contributed by atoms with Gasteiger partial charge in [0.1, 0.15) is 7.85 Å². The summed E-state index contributed by atoms with van der Waals surface area (Å²) in [5.41, 5.74) is 2.81. The van der Waals surface area contributed by atoms with Crippen LogP contribution in [-0.4, -0.2) is 14.6 Å². The predicted octanol–water partition coefficient (Wildman–Crippen LogP) is 1.98. The molecule has 0 rings (SSSR count). The molecule has 0 aromatic heterocycles. The Hall–Kier alpha value is -0.785. The zero-order valence-electron chi connectivity index (χ0n) is 7.72. The minimum Gasteiger partial charge on any atom is -0.273 e. The second-order valence-electron chi connectivity index (χ2n) is 2.51. The molecule has 0 fully saturated rings. The van der Waals surface area contributed by atoms with Crippen molar-refractivity contribution in [1.29, 1.82) is 0 Å². The van der Waals surface area contributed by atoms with Crippen molar-refractivity contribution in [2.45, 2.75) is 26.6 Å². The van der Waals surface area contributed by atoms with Crippen LogP contribution < -0.4 is 0 Å². The molecule has 2 heteroatoms. The summed E-state index contributed by atoms with van der Waals surface area (Å²) in [6.45, 7) is 7.72. The molecule has 60 valence electrons. The van der Waals surface area contributed by atoms with Crippen LogP contribution in [0.2, 0.25) is 6.32 Å². The molecule has 0 unspecified atom stereocenters. The maximum atomic E-state index is 3.68. The number of allylic oxidation sites excluding steroid dienone is 3. The molecule has 0 bridgehead atoms. The zero-order chi connectivity index (χ0) is 8.69. The lowest BCUT2D eigenvalue weighted by atomic mass is 9.92. The van der Waals surface area contributed by atoms with Crippen LogP contribution in [0.15, 0.2) is 28.4 Å². The van der Waals surface area contributed by atoms with Crippen molar-refractivity contribution in [2.75, 3.05) is 0 Å². The minimum absolute atomic E-state index is 1.08. The molecule has 0 N–H and O–H groups in total. The van der Waals surface area contributed by atoms with E-state index in [0.29, 0.717) is 0 Å². The Morgan fingerprint density at radius 2 is 2.27 bits per heavy atom. The van der Waals surface area contributed by atoms with Gasteiger partial charge in [0.2, 0.25) is 0 Å². The van der Waals surface area contributed by atoms with Gasteiger partial charge in [-0.25, -0.2) is 0 Å². The van der Waals surface area contributed by atoms with E-state index in [0.717, 1.165) is 12.7 Å². The number of hydrogen-bond acceptors (Lipinski definition) is 1. The van der Waals surface area contributed by atoms with Gasteiger partial charge in [0.15, 0.2) is 0 Å². The fourth-order valence-electron chi connectivity index (χ4n) is 0.932. The first-order valence-electron chi connectivity index (χ1n) is 4.07. The van der Waals surface area contributed by atoms with Crippen molar-refractivity contribution in [2.24, 2.45) is 4.99 Å². The topological polar surface area (TPSA) is 12.4 Å². The quantitative estimate of drug-likeness (QED) is 0.329. The van der Waals surface area contributed by atoms with Gasteiger partial charge in [-0.3, -0.25) is 4.99 Å². The van der Waals surface area contributed by atoms with E-state index in [1.54, 1.807) is 6.20 Å². The smallest absolute Gasteiger partial charge is 0.107 e. The van der Waals surface area contributed by atoms with Crippen LogP contribution in [0.4, 0.5) is 0 Å². The summed E-state index contributed by atoms with van der Waals surface area (Å²) in [6, 6.07) is 0. The SMILES string of the molecule is BCC(/C=C\N=C)=C(/C)CC. The van der Waals surface area contributed by atoms with Crippen LogP contribution in [0.5, 0.6) is 0 Å². The lowest BCUT2D eigenvalue weighted by Gasteiger charge is -2.01. The van der Waals surface area contributed by atoms with Crippen molar-refractivity contribution < 1.29 is 0 Å². The van der Waals surface area contributed by atoms with Crippen molar-refractivity contribution in [1.82, 2.24) is 0 Å². The Kier molecular flexibility index (Phi) is 5.53. The third-order valence-corrected chi connectivity index (χ3v) is 1.84. The van der Waals surface area contributed by atoms with Gasteiger partial charge in [-0.2, -0.15) is 0 Å². The average Bonchev–Trinajstić information content (AvgIpc) is 2.05. The molecular formula is C9H16BN. The molecule has 1 nitrogen and oxygen atoms in total. The van der Waals surface area contributed by atoms with Gasteiger partial charge >= 0.3 is 0 Å². The lowest BCUT2D eigenvalue weighted by molar-refractivity contribution is 1.07. The molecule has 11 heavy (non-hydrogen) atoms. The van der Waals surface area contributed by atoms with Gasteiger partial charge in [0.25, 0.3) is 0 Å². The lowest BCUT2D eigenvalue weighted by Crippen LogP contribution is -1.83. The van der Waals surface area contributed by atoms with E-state index in [9.17, 15) is 0 Å². The molecule has 0 aliphatic carbocycles. The van der Waals surface area contributed by atoms with E-state index in [1.807, 2.05) is 6.08 Å². The first kappa shape index (κ1) is 10.2. The molecule has 0 aliphatic heterocycles. The molecule has 0 aromatic carbocycles. The van der Waals surface area contributed by atoms with Crippen molar-refractivity contribution in [3.63, 3.8) is 0 Å². The highest BCUT2D eigenvalue weighted by Gasteiger charge is 1.92. The standard InChI is InChI=1S/C9H16BN/c1-4-8(2)9(7-10)5-6-11-3/h5-6H,3-4,7,10H2,1-2H3/b6-5-,9-8-. The maximum absolute atomic E-state index is 3.68. The normalized spacial score (nSPS) is 13.3. The van der Waals surface area contributed by atoms with Crippen LogP contribution in [0, 0.1) is 0 Å². The van der Waals surface area contributed by atoms with Gasteiger partial charge in [-0.15, -0.1) is 0 Å². The van der Waals surface area contributed by atoms with Crippen molar-refractivity contribution in [3.05, 3.63) is 23.4 Å². The van der Waals surface area contributed by atoms with Gasteiger partial charge < -0.3 is 0 Å². The van der Waals surface area contributed by atoms with E-state index in [1.165, 1.54) is 11.1 Å². The highest BCUT2D eigenvalue weighted by molar-refractivity contribution is 6.10. The Morgan fingerprint density at radius 3 is 2.64 bits per heavy atom. The largest absolute Gasteiger partial charge is 0.273 e. The van der Waals surface area contributed by atoms with Crippen LogP contribution >= 0.6 is 0 Å². The van der Waals surface area contributed by atoms with Crippen LogP contribution in [-0.2, 0) is 0 Å². The highest BCUT2D eigenvalue weighted by atomic mass is 14.6. The van der Waals surface area contributed by atoms with Gasteiger partial charge in [0, 0.05) is 6.20 Å². The second kappa shape index (κ2) is 5.96. The summed E-state index contributed by atoms with van der Waals surface area (Å²) in [5.74, 6) is 0. The average molecular weight is 149 g/mol. The fraction of sp³-hybridized carbons (Fsp3) is 0.444. The number of aliphatic imine (C=N–C) groups is 1. The molecular weight excluding hydrogens is 133 g/mol. The summed E-state index contributed by atoms with van der Waals surface area (Å²) in [6.07, 6.45) is 5.97. The van der Waals surface area contributed by atoms with Gasteiger partial charge in [0.05, 0.1) is 0 Å². The maximum Gasteiger partial charge on any atom is 0.107 e. The third kappa shape index (κ3) is 3.81. The predicted molar refractivity (Wildman–Crippen MR) is 55.0 cm³/mol. The summed E-state index contributed by atoms with van der Waals surface area (Å²) in [5, 5.41) is 0. The van der Waals surface area contributed by atoms with Crippen LogP contribution in [0.3, 0.4) is 0 Å². The Labute approximate surface area is 70.3 Å². The summed E-state index contributed by atoms with van der Waals surface area (Å²) < 4.78 is 0. The summed E-state index contributed by atoms with van der Waals surface area (Å²) in [4.78, 5) is 3.68. The Balaban J connectivity index is 4.37. The molecule has 0 amide bonds. The number of rotatable bonds is 4. The molecule has 0 atom stereocenters. The molecule has 0 aromatic rings. The number of hydrogen-bond donors (Lipinski definition) is 0. The van der Waals surface area contributed by atoms with Gasteiger partial charge in [-0.1, -0.05) is 24.4 Å². The molecule has 0 spiro atoms. The van der Waals surface area contributed by atoms with E-state index in [-0.39, 0.29) is 0 Å². The molecule has 0 saturated heterocycles. The van der Waals surface area contributed by atoms with Crippen LogP contribution in [0.1, 0.15) is 20.3 Å². The van der Waals surface area contributed by atoms with E-state index in [4.69, 9.17) is 0 Å². The third-order valence-electron chi connectivity index (χ3n) is 1.84. The Morgan fingerprint density at radius 1 is 1.64 bits per heavy atom. The van der Waals surface area contributed by atoms with Crippen LogP contribution in [0.25, 0.3) is 0 Å². The second-order valence-corrected chi connectivity index (χ2v) is 2.51. The van der Waals surface area contributed by atoms with Gasteiger partial charge in [-0.05, 0) is 26.1 Å². The monoisotopic (exact) mass is 149 g/mol. The van der Waals surface area contributed by atoms with E-state index < -0.39 is 0 Å². The zero-order valence-corrected chi connectivity index (χ0v) is 7.72. The van der Waals surface area contributed by atoms with E-state index >= 15 is 0 Å². The highest BCUT2D eigenvalue weighted by Crippen LogP contribution is 2.12. The molecule has 0 aliphatic rings. The van der Waals surface area contributed by atoms with Crippen molar-refractivity contribution in [3.8, 4) is 0 Å². The number of nitrogens with zero attached hydrogens (tertiary/aromatic N) is 1. The Bertz CT molecular complexity index is 180. The summed E-state index contributed by atoms with van der Waals surface area (Å²) in [7, 11) is 2.15. The van der Waals surface area contributed by atoms with Crippen molar-refractivity contribution >= 4 is 14.6 Å². The fourth-order valence-corrected chi connectivity index (χ4v) is 0.932. The molecule has 0 heterocycles. The molecule has 0 radical (unpaired) electrons. The first-order chi connectivity index (χ1) is 5.26. The first-order valence-corrected chi connectivity index (χ1v) is 4.07. The van der Waals surface area contributed by atoms with E-state index in [2.05, 4.69) is 33.4 Å². The minimum atomic E-state index is 1.08. The summed E-state index contributed by atoms with van der Waals surface area (Å²) >= 11 is 0.